The van der Waals surface area contributed by atoms with Gasteiger partial charge in [-0.15, -0.1) is 0 Å². The molecule has 21 heavy (non-hydrogen) atoms. The molecule has 4 heteroatoms. The Labute approximate surface area is 127 Å². The van der Waals surface area contributed by atoms with Crippen molar-refractivity contribution in [3.63, 3.8) is 0 Å². The fourth-order valence-electron chi connectivity index (χ4n) is 3.10. The molecular formula is C17H26N2O2. The quantitative estimate of drug-likeness (QED) is 0.906. The van der Waals surface area contributed by atoms with E-state index in [0.29, 0.717) is 12.3 Å². The van der Waals surface area contributed by atoms with E-state index in [1.807, 2.05) is 12.1 Å². The van der Waals surface area contributed by atoms with Crippen LogP contribution in [0.1, 0.15) is 43.4 Å². The Bertz CT molecular complexity index is 500. The summed E-state index contributed by atoms with van der Waals surface area (Å²) in [6.07, 6.45) is 4.24. The molecule has 0 radical (unpaired) electrons. The molecule has 0 aromatic heterocycles. The number of carbonyl (C=O) groups excluding carboxylic acids is 1. The van der Waals surface area contributed by atoms with Crippen molar-refractivity contribution in [2.75, 3.05) is 27.2 Å². The lowest BCUT2D eigenvalue weighted by Crippen LogP contribution is -2.40. The molecule has 1 aromatic rings. The molecule has 2 rings (SSSR count). The average molecular weight is 290 g/mol. The van der Waals surface area contributed by atoms with Gasteiger partial charge in [-0.05, 0) is 55.5 Å². The van der Waals surface area contributed by atoms with Gasteiger partial charge in [-0.3, -0.25) is 9.69 Å². The summed E-state index contributed by atoms with van der Waals surface area (Å²) in [7, 11) is 3.61. The first-order valence-electron chi connectivity index (χ1n) is 7.79. The van der Waals surface area contributed by atoms with Gasteiger partial charge in [0.2, 0.25) is 5.91 Å². The van der Waals surface area contributed by atoms with Gasteiger partial charge in [0.05, 0.1) is 6.54 Å². The van der Waals surface area contributed by atoms with Crippen LogP contribution in [0.3, 0.4) is 0 Å². The van der Waals surface area contributed by atoms with E-state index in [1.165, 1.54) is 11.1 Å². The Morgan fingerprint density at radius 2 is 2.14 bits per heavy atom. The highest BCUT2D eigenvalue weighted by atomic mass is 16.3. The number of aryl methyl sites for hydroxylation is 1. The number of hydrogen-bond donors (Lipinski definition) is 1. The Balaban J connectivity index is 2.23. The van der Waals surface area contributed by atoms with Crippen LogP contribution in [0.5, 0.6) is 5.75 Å². The van der Waals surface area contributed by atoms with E-state index in [0.717, 1.165) is 32.2 Å². The van der Waals surface area contributed by atoms with Crippen LogP contribution in [0.2, 0.25) is 0 Å². The number of phenolic OH excluding ortho intramolecular Hbond substituents is 1. The molecule has 1 N–H and O–H groups in total. The summed E-state index contributed by atoms with van der Waals surface area (Å²) in [5.41, 5.74) is 2.50. The molecule has 0 fully saturated rings. The SMILES string of the molecule is CCCN(CC(=O)N(C)C)C1CCCc2cc(O)ccc21. The summed E-state index contributed by atoms with van der Waals surface area (Å²) in [6, 6.07) is 5.95. The van der Waals surface area contributed by atoms with Crippen molar-refractivity contribution in [1.82, 2.24) is 9.80 Å². The number of fused-ring (bicyclic) bond motifs is 1. The standard InChI is InChI=1S/C17H26N2O2/c1-4-10-19(12-17(21)18(2)3)16-7-5-6-13-11-14(20)8-9-15(13)16/h8-9,11,16,20H,4-7,10,12H2,1-3H3. The minimum absolute atomic E-state index is 0.148. The van der Waals surface area contributed by atoms with E-state index in [1.54, 1.807) is 25.1 Å². The van der Waals surface area contributed by atoms with Gasteiger partial charge in [-0.25, -0.2) is 0 Å². The third kappa shape index (κ3) is 3.76. The monoisotopic (exact) mass is 290 g/mol. The highest BCUT2D eigenvalue weighted by molar-refractivity contribution is 5.77. The summed E-state index contributed by atoms with van der Waals surface area (Å²) in [6.45, 7) is 3.53. The first kappa shape index (κ1) is 15.8. The van der Waals surface area contributed by atoms with Crippen LogP contribution in [0.4, 0.5) is 0 Å². The molecule has 1 aromatic carbocycles. The molecule has 4 nitrogen and oxygen atoms in total. The van der Waals surface area contributed by atoms with Crippen molar-refractivity contribution >= 4 is 5.91 Å². The van der Waals surface area contributed by atoms with Crippen LogP contribution in [-0.4, -0.2) is 48.0 Å². The first-order chi connectivity index (χ1) is 10.0. The second-order valence-corrected chi connectivity index (χ2v) is 6.05. The van der Waals surface area contributed by atoms with Crippen LogP contribution >= 0.6 is 0 Å². The summed E-state index contributed by atoms with van der Waals surface area (Å²) < 4.78 is 0. The molecular weight excluding hydrogens is 264 g/mol. The summed E-state index contributed by atoms with van der Waals surface area (Å²) in [4.78, 5) is 16.0. The minimum atomic E-state index is 0.148. The summed E-state index contributed by atoms with van der Waals surface area (Å²) >= 11 is 0. The van der Waals surface area contributed by atoms with Gasteiger partial charge in [0, 0.05) is 20.1 Å². The lowest BCUT2D eigenvalue weighted by molar-refractivity contribution is -0.130. The van der Waals surface area contributed by atoms with Gasteiger partial charge in [-0.2, -0.15) is 0 Å². The predicted molar refractivity (Wildman–Crippen MR) is 84.3 cm³/mol. The van der Waals surface area contributed by atoms with Crippen LogP contribution in [0.25, 0.3) is 0 Å². The second-order valence-electron chi connectivity index (χ2n) is 6.05. The Kier molecular flexibility index (Phi) is 5.23. The smallest absolute Gasteiger partial charge is 0.236 e. The maximum absolute atomic E-state index is 12.1. The maximum atomic E-state index is 12.1. The van der Waals surface area contributed by atoms with Crippen LogP contribution in [0, 0.1) is 0 Å². The molecule has 116 valence electrons. The predicted octanol–water partition coefficient (Wildman–Crippen LogP) is 2.57. The number of phenols is 1. The average Bonchev–Trinajstić information content (AvgIpc) is 2.45. The lowest BCUT2D eigenvalue weighted by atomic mass is 9.86. The third-order valence-corrected chi connectivity index (χ3v) is 4.20. The first-order valence-corrected chi connectivity index (χ1v) is 7.79. The van der Waals surface area contributed by atoms with Gasteiger partial charge in [-0.1, -0.05) is 13.0 Å². The number of benzene rings is 1. The molecule has 0 spiro atoms. The topological polar surface area (TPSA) is 43.8 Å². The molecule has 0 saturated carbocycles. The van der Waals surface area contributed by atoms with E-state index in [-0.39, 0.29) is 11.9 Å². The van der Waals surface area contributed by atoms with Crippen LogP contribution in [-0.2, 0) is 11.2 Å². The van der Waals surface area contributed by atoms with Crippen molar-refractivity contribution in [2.45, 2.75) is 38.6 Å². The number of hydrogen-bond acceptors (Lipinski definition) is 3. The van der Waals surface area contributed by atoms with Gasteiger partial charge in [0.1, 0.15) is 5.75 Å². The molecule has 1 aliphatic carbocycles. The maximum Gasteiger partial charge on any atom is 0.236 e. The van der Waals surface area contributed by atoms with E-state index in [2.05, 4.69) is 11.8 Å². The molecule has 1 amide bonds. The van der Waals surface area contributed by atoms with Gasteiger partial charge in [0.25, 0.3) is 0 Å². The van der Waals surface area contributed by atoms with E-state index in [9.17, 15) is 9.90 Å². The summed E-state index contributed by atoms with van der Waals surface area (Å²) in [5, 5.41) is 9.66. The second kappa shape index (κ2) is 6.94. The zero-order valence-corrected chi connectivity index (χ0v) is 13.3. The molecule has 0 bridgehead atoms. The number of nitrogens with zero attached hydrogens (tertiary/aromatic N) is 2. The summed E-state index contributed by atoms with van der Waals surface area (Å²) in [5.74, 6) is 0.482. The minimum Gasteiger partial charge on any atom is -0.508 e. The van der Waals surface area contributed by atoms with Gasteiger partial charge in [0.15, 0.2) is 0 Å². The van der Waals surface area contributed by atoms with Crippen molar-refractivity contribution in [1.29, 1.82) is 0 Å². The van der Waals surface area contributed by atoms with Crippen molar-refractivity contribution in [3.8, 4) is 5.75 Å². The largest absolute Gasteiger partial charge is 0.508 e. The molecule has 0 aliphatic heterocycles. The number of carbonyl (C=O) groups is 1. The molecule has 1 aliphatic rings. The number of likely N-dealkylation sites (N-methyl/N-ethyl adjacent to an activating group) is 1. The zero-order chi connectivity index (χ0) is 15.4. The highest BCUT2D eigenvalue weighted by Gasteiger charge is 2.27. The lowest BCUT2D eigenvalue weighted by Gasteiger charge is -2.36. The van der Waals surface area contributed by atoms with E-state index >= 15 is 0 Å². The molecule has 0 saturated heterocycles. The molecule has 0 heterocycles. The fraction of sp³-hybridized carbons (Fsp3) is 0.588. The normalized spacial score (nSPS) is 17.6. The molecule has 1 atom stereocenters. The molecule has 1 unspecified atom stereocenters. The Hall–Kier alpha value is -1.55. The number of amides is 1. The van der Waals surface area contributed by atoms with E-state index in [4.69, 9.17) is 0 Å². The van der Waals surface area contributed by atoms with Crippen molar-refractivity contribution < 1.29 is 9.90 Å². The van der Waals surface area contributed by atoms with Crippen molar-refractivity contribution in [3.05, 3.63) is 29.3 Å². The fourth-order valence-corrected chi connectivity index (χ4v) is 3.10. The highest BCUT2D eigenvalue weighted by Crippen LogP contribution is 2.35. The van der Waals surface area contributed by atoms with Gasteiger partial charge < -0.3 is 10.0 Å². The number of aromatic hydroxyl groups is 1. The third-order valence-electron chi connectivity index (χ3n) is 4.20. The van der Waals surface area contributed by atoms with Crippen LogP contribution < -0.4 is 0 Å². The number of rotatable bonds is 5. The van der Waals surface area contributed by atoms with Gasteiger partial charge >= 0.3 is 0 Å². The Morgan fingerprint density at radius 1 is 1.38 bits per heavy atom. The Morgan fingerprint density at radius 3 is 2.81 bits per heavy atom. The van der Waals surface area contributed by atoms with E-state index < -0.39 is 0 Å². The van der Waals surface area contributed by atoms with Crippen molar-refractivity contribution in [2.24, 2.45) is 0 Å². The van der Waals surface area contributed by atoms with Crippen LogP contribution in [0.15, 0.2) is 18.2 Å². The zero-order valence-electron chi connectivity index (χ0n) is 13.3.